The largest absolute Gasteiger partial charge is 0.381 e. The van der Waals surface area contributed by atoms with E-state index in [1.54, 1.807) is 12.1 Å². The monoisotopic (exact) mass is 269 g/mol. The van der Waals surface area contributed by atoms with Crippen LogP contribution in [0.3, 0.4) is 0 Å². The minimum Gasteiger partial charge on any atom is -0.381 e. The van der Waals surface area contributed by atoms with E-state index in [0.717, 1.165) is 19.6 Å². The fourth-order valence-electron chi connectivity index (χ4n) is 2.22. The third-order valence-corrected chi connectivity index (χ3v) is 4.50. The molecule has 0 radical (unpaired) electrons. The van der Waals surface area contributed by atoms with Crippen molar-refractivity contribution in [3.05, 3.63) is 24.3 Å². The molecule has 1 aromatic carbocycles. The summed E-state index contributed by atoms with van der Waals surface area (Å²) < 4.78 is 28.7. The smallest absolute Gasteiger partial charge is 0.177 e. The van der Waals surface area contributed by atoms with Gasteiger partial charge in [0, 0.05) is 24.8 Å². The molecule has 1 aliphatic rings. The average Bonchev–Trinajstić information content (AvgIpc) is 2.81. The van der Waals surface area contributed by atoms with Crippen LogP contribution in [0.5, 0.6) is 0 Å². The van der Waals surface area contributed by atoms with Crippen molar-refractivity contribution >= 4 is 15.5 Å². The molecule has 1 aromatic rings. The zero-order chi connectivity index (χ0) is 13.2. The molecule has 1 aliphatic heterocycles. The van der Waals surface area contributed by atoms with Crippen molar-refractivity contribution in [2.45, 2.75) is 24.3 Å². The van der Waals surface area contributed by atoms with E-state index in [1.807, 2.05) is 12.1 Å². The molecule has 2 unspecified atom stereocenters. The number of anilines is 1. The number of hydrogen-bond acceptors (Lipinski definition) is 4. The topological polar surface area (TPSA) is 55.4 Å². The van der Waals surface area contributed by atoms with Gasteiger partial charge in [-0.2, -0.15) is 0 Å². The van der Waals surface area contributed by atoms with E-state index in [2.05, 4.69) is 12.2 Å². The Hall–Kier alpha value is -1.07. The molecule has 18 heavy (non-hydrogen) atoms. The van der Waals surface area contributed by atoms with E-state index in [0.29, 0.717) is 16.5 Å². The first-order chi connectivity index (χ1) is 8.48. The van der Waals surface area contributed by atoms with Crippen molar-refractivity contribution in [2.24, 2.45) is 5.92 Å². The van der Waals surface area contributed by atoms with E-state index >= 15 is 0 Å². The molecule has 1 N–H and O–H groups in total. The Morgan fingerprint density at radius 1 is 1.39 bits per heavy atom. The van der Waals surface area contributed by atoms with Crippen LogP contribution in [0, 0.1) is 5.92 Å². The molecular weight excluding hydrogens is 250 g/mol. The van der Waals surface area contributed by atoms with Gasteiger partial charge < -0.3 is 10.1 Å². The molecule has 5 heteroatoms. The molecule has 0 bridgehead atoms. The third kappa shape index (κ3) is 3.03. The molecule has 0 aromatic heterocycles. The minimum absolute atomic E-state index is 0.204. The lowest BCUT2D eigenvalue weighted by molar-refractivity contribution is 0.183. The lowest BCUT2D eigenvalue weighted by Gasteiger charge is -2.21. The maximum Gasteiger partial charge on any atom is 0.177 e. The normalized spacial score (nSPS) is 21.8. The van der Waals surface area contributed by atoms with Gasteiger partial charge in [-0.1, -0.05) is 12.1 Å². The average molecular weight is 269 g/mol. The second-order valence-electron chi connectivity index (χ2n) is 4.83. The van der Waals surface area contributed by atoms with Gasteiger partial charge in [-0.05, 0) is 25.5 Å². The van der Waals surface area contributed by atoms with Crippen molar-refractivity contribution in [3.8, 4) is 0 Å². The summed E-state index contributed by atoms with van der Waals surface area (Å²) in [4.78, 5) is 0.357. The first kappa shape index (κ1) is 13.4. The van der Waals surface area contributed by atoms with Crippen LogP contribution in [0.4, 0.5) is 5.69 Å². The summed E-state index contributed by atoms with van der Waals surface area (Å²) in [5.74, 6) is 0.442. The quantitative estimate of drug-likeness (QED) is 0.907. The van der Waals surface area contributed by atoms with Gasteiger partial charge in [-0.3, -0.25) is 0 Å². The van der Waals surface area contributed by atoms with Crippen LogP contribution >= 0.6 is 0 Å². The first-order valence-electron chi connectivity index (χ1n) is 6.12. The summed E-state index contributed by atoms with van der Waals surface area (Å²) in [5, 5.41) is 3.30. The van der Waals surface area contributed by atoms with E-state index < -0.39 is 9.84 Å². The number of hydrogen-bond donors (Lipinski definition) is 1. The zero-order valence-electron chi connectivity index (χ0n) is 10.7. The van der Waals surface area contributed by atoms with Gasteiger partial charge >= 0.3 is 0 Å². The SMILES string of the molecule is CC(Nc1ccccc1S(C)(=O)=O)C1CCOC1. The van der Waals surface area contributed by atoms with Crippen LogP contribution in [-0.2, 0) is 14.6 Å². The highest BCUT2D eigenvalue weighted by molar-refractivity contribution is 7.90. The van der Waals surface area contributed by atoms with Gasteiger partial charge in [-0.25, -0.2) is 8.42 Å². The van der Waals surface area contributed by atoms with Crippen LogP contribution in [0.1, 0.15) is 13.3 Å². The Balaban J connectivity index is 2.18. The highest BCUT2D eigenvalue weighted by atomic mass is 32.2. The van der Waals surface area contributed by atoms with Crippen molar-refractivity contribution in [1.82, 2.24) is 0 Å². The van der Waals surface area contributed by atoms with E-state index in [9.17, 15) is 8.42 Å². The summed E-state index contributed by atoms with van der Waals surface area (Å²) in [6, 6.07) is 7.23. The van der Waals surface area contributed by atoms with Gasteiger partial charge in [0.15, 0.2) is 9.84 Å². The molecule has 0 saturated carbocycles. The fraction of sp³-hybridized carbons (Fsp3) is 0.538. The summed E-state index contributed by atoms with van der Waals surface area (Å²) in [7, 11) is -3.20. The molecule has 0 aliphatic carbocycles. The van der Waals surface area contributed by atoms with Crippen LogP contribution < -0.4 is 5.32 Å². The molecule has 1 heterocycles. The van der Waals surface area contributed by atoms with Gasteiger partial charge in [-0.15, -0.1) is 0 Å². The molecule has 4 nitrogen and oxygen atoms in total. The second kappa shape index (κ2) is 5.28. The summed E-state index contributed by atoms with van der Waals surface area (Å²) >= 11 is 0. The molecule has 2 atom stereocenters. The predicted octanol–water partition coefficient (Wildman–Crippen LogP) is 1.93. The molecule has 0 spiro atoms. The Morgan fingerprint density at radius 3 is 2.72 bits per heavy atom. The number of para-hydroxylation sites is 1. The van der Waals surface area contributed by atoms with Gasteiger partial charge in [0.25, 0.3) is 0 Å². The summed E-state index contributed by atoms with van der Waals surface area (Å²) in [5.41, 5.74) is 0.680. The van der Waals surface area contributed by atoms with Crippen molar-refractivity contribution in [1.29, 1.82) is 0 Å². The molecule has 1 saturated heterocycles. The Morgan fingerprint density at radius 2 is 2.11 bits per heavy atom. The third-order valence-electron chi connectivity index (χ3n) is 3.34. The highest BCUT2D eigenvalue weighted by Gasteiger charge is 2.23. The molecular formula is C13H19NO3S. The number of benzene rings is 1. The van der Waals surface area contributed by atoms with Crippen LogP contribution in [0.25, 0.3) is 0 Å². The van der Waals surface area contributed by atoms with Crippen molar-refractivity contribution in [3.63, 3.8) is 0 Å². The number of rotatable bonds is 4. The number of ether oxygens (including phenoxy) is 1. The van der Waals surface area contributed by atoms with Crippen molar-refractivity contribution < 1.29 is 13.2 Å². The van der Waals surface area contributed by atoms with Crippen LogP contribution in [0.15, 0.2) is 29.2 Å². The number of sulfone groups is 1. The molecule has 100 valence electrons. The Labute approximate surface area is 108 Å². The van der Waals surface area contributed by atoms with Gasteiger partial charge in [0.05, 0.1) is 17.2 Å². The lowest BCUT2D eigenvalue weighted by Crippen LogP contribution is -2.26. The van der Waals surface area contributed by atoms with Gasteiger partial charge in [0.2, 0.25) is 0 Å². The predicted molar refractivity (Wildman–Crippen MR) is 71.6 cm³/mol. The summed E-state index contributed by atoms with van der Waals surface area (Å²) in [6.07, 6.45) is 2.26. The van der Waals surface area contributed by atoms with Gasteiger partial charge in [0.1, 0.15) is 0 Å². The molecule has 2 rings (SSSR count). The highest BCUT2D eigenvalue weighted by Crippen LogP contribution is 2.25. The van der Waals surface area contributed by atoms with E-state index in [-0.39, 0.29) is 6.04 Å². The molecule has 0 amide bonds. The van der Waals surface area contributed by atoms with E-state index in [4.69, 9.17) is 4.74 Å². The first-order valence-corrected chi connectivity index (χ1v) is 8.01. The van der Waals surface area contributed by atoms with E-state index in [1.165, 1.54) is 6.26 Å². The minimum atomic E-state index is -3.20. The lowest BCUT2D eigenvalue weighted by atomic mass is 10.0. The second-order valence-corrected chi connectivity index (χ2v) is 6.81. The summed E-state index contributed by atoms with van der Waals surface area (Å²) in [6.45, 7) is 3.61. The van der Waals surface area contributed by atoms with Crippen LogP contribution in [-0.4, -0.2) is 33.9 Å². The standard InChI is InChI=1S/C13H19NO3S/c1-10(11-7-8-17-9-11)14-12-5-3-4-6-13(12)18(2,15)16/h3-6,10-11,14H,7-9H2,1-2H3. The van der Waals surface area contributed by atoms with Crippen molar-refractivity contribution in [2.75, 3.05) is 24.8 Å². The maximum atomic E-state index is 11.7. The zero-order valence-corrected chi connectivity index (χ0v) is 11.5. The Kier molecular flexibility index (Phi) is 3.92. The number of nitrogens with one attached hydrogen (secondary N) is 1. The maximum absolute atomic E-state index is 11.7. The van der Waals surface area contributed by atoms with Crippen LogP contribution in [0.2, 0.25) is 0 Å². The fourth-order valence-corrected chi connectivity index (χ4v) is 3.07. The molecule has 1 fully saturated rings. The Bertz CT molecular complexity index is 507.